The predicted molar refractivity (Wildman–Crippen MR) is 107 cm³/mol. The molecule has 1 aliphatic heterocycles. The van der Waals surface area contributed by atoms with Gasteiger partial charge in [0, 0.05) is 10.7 Å². The molecule has 2 aromatic rings. The number of benzene rings is 2. The van der Waals surface area contributed by atoms with Crippen LogP contribution in [-0.4, -0.2) is 17.1 Å². The Morgan fingerprint density at radius 2 is 2.04 bits per heavy atom. The number of thioether (sulfide) groups is 1. The summed E-state index contributed by atoms with van der Waals surface area (Å²) >= 11 is 7.39. The number of anilines is 1. The van der Waals surface area contributed by atoms with Crippen molar-refractivity contribution in [2.75, 3.05) is 4.90 Å². The van der Waals surface area contributed by atoms with E-state index in [1.165, 1.54) is 16.7 Å². The number of rotatable bonds is 4. The normalized spacial score (nSPS) is 18.3. The first-order valence-electron chi connectivity index (χ1n) is 8.17. The van der Waals surface area contributed by atoms with Crippen LogP contribution in [0.4, 0.5) is 5.69 Å². The number of nitrogens with zero attached hydrogens (tertiary/aromatic N) is 2. The highest BCUT2D eigenvalue weighted by Crippen LogP contribution is 2.42. The molecule has 5 nitrogen and oxygen atoms in total. The summed E-state index contributed by atoms with van der Waals surface area (Å²) in [5.41, 5.74) is 7.53. The Balaban J connectivity index is 2.06. The molecule has 1 atom stereocenters. The molecule has 136 valence electrons. The van der Waals surface area contributed by atoms with Crippen LogP contribution in [0.1, 0.15) is 11.1 Å². The van der Waals surface area contributed by atoms with Crippen LogP contribution in [0, 0.1) is 18.3 Å². The van der Waals surface area contributed by atoms with Crippen molar-refractivity contribution in [2.45, 2.75) is 18.6 Å². The van der Waals surface area contributed by atoms with Crippen molar-refractivity contribution in [3.05, 3.63) is 75.3 Å². The van der Waals surface area contributed by atoms with Crippen molar-refractivity contribution in [3.63, 3.8) is 0 Å². The lowest BCUT2D eigenvalue weighted by Crippen LogP contribution is -2.31. The number of carbonyl (C=O) groups excluding carboxylic acids is 2. The van der Waals surface area contributed by atoms with Gasteiger partial charge in [0.25, 0.3) is 5.91 Å². The molecule has 7 heteroatoms. The maximum atomic E-state index is 13.2. The Labute approximate surface area is 166 Å². The van der Waals surface area contributed by atoms with E-state index >= 15 is 0 Å². The van der Waals surface area contributed by atoms with Gasteiger partial charge in [0.2, 0.25) is 5.91 Å². The van der Waals surface area contributed by atoms with Crippen molar-refractivity contribution in [1.82, 2.24) is 0 Å². The SMILES string of the molecule is Cc1cccc(N2C(=O)C(Cc3ccccc3Cl)S/C2=C(\C#N)C(N)=O)c1. The smallest absolute Gasteiger partial charge is 0.262 e. The fourth-order valence-corrected chi connectivity index (χ4v) is 4.38. The third-order valence-corrected chi connectivity index (χ3v) is 5.78. The molecule has 0 saturated carbocycles. The van der Waals surface area contributed by atoms with Crippen molar-refractivity contribution >= 4 is 40.9 Å². The summed E-state index contributed by atoms with van der Waals surface area (Å²) in [6, 6.07) is 16.4. The average Bonchev–Trinajstić information content (AvgIpc) is 2.93. The topological polar surface area (TPSA) is 87.2 Å². The molecule has 27 heavy (non-hydrogen) atoms. The molecule has 1 unspecified atom stereocenters. The molecule has 2 amide bonds. The molecule has 0 aromatic heterocycles. The van der Waals surface area contributed by atoms with Crippen LogP contribution in [0.5, 0.6) is 0 Å². The highest BCUT2D eigenvalue weighted by Gasteiger charge is 2.40. The van der Waals surface area contributed by atoms with Gasteiger partial charge < -0.3 is 5.73 Å². The fourth-order valence-electron chi connectivity index (χ4n) is 2.87. The van der Waals surface area contributed by atoms with Crippen LogP contribution in [0.15, 0.2) is 59.1 Å². The number of carbonyl (C=O) groups is 2. The van der Waals surface area contributed by atoms with E-state index in [1.54, 1.807) is 12.1 Å². The van der Waals surface area contributed by atoms with Gasteiger partial charge in [-0.3, -0.25) is 14.5 Å². The first-order chi connectivity index (χ1) is 12.9. The molecule has 0 aliphatic carbocycles. The van der Waals surface area contributed by atoms with Crippen molar-refractivity contribution in [1.29, 1.82) is 5.26 Å². The Morgan fingerprint density at radius 3 is 2.67 bits per heavy atom. The van der Waals surface area contributed by atoms with Crippen LogP contribution < -0.4 is 10.6 Å². The quantitative estimate of drug-likeness (QED) is 0.631. The van der Waals surface area contributed by atoms with Gasteiger partial charge in [0.1, 0.15) is 16.7 Å². The molecule has 2 N–H and O–H groups in total. The summed E-state index contributed by atoms with van der Waals surface area (Å²) in [7, 11) is 0. The molecule has 1 fully saturated rings. The van der Waals surface area contributed by atoms with Crippen molar-refractivity contribution in [2.24, 2.45) is 5.73 Å². The van der Waals surface area contributed by atoms with Crippen LogP contribution in [0.2, 0.25) is 5.02 Å². The minimum atomic E-state index is -0.858. The minimum absolute atomic E-state index is 0.213. The summed E-state index contributed by atoms with van der Waals surface area (Å²) in [6.45, 7) is 1.90. The third kappa shape index (κ3) is 3.85. The second-order valence-electron chi connectivity index (χ2n) is 6.07. The van der Waals surface area contributed by atoms with Crippen LogP contribution in [0.3, 0.4) is 0 Å². The van der Waals surface area contributed by atoms with E-state index < -0.39 is 11.2 Å². The number of nitrogens with two attached hydrogens (primary N) is 1. The molecule has 3 rings (SSSR count). The molecule has 1 saturated heterocycles. The molecular formula is C20H16ClN3O2S. The lowest BCUT2D eigenvalue weighted by Gasteiger charge is -2.18. The van der Waals surface area contributed by atoms with Crippen molar-refractivity contribution < 1.29 is 9.59 Å². The maximum Gasteiger partial charge on any atom is 0.262 e. The van der Waals surface area contributed by atoms with Crippen LogP contribution in [-0.2, 0) is 16.0 Å². The van der Waals surface area contributed by atoms with Gasteiger partial charge in [-0.15, -0.1) is 0 Å². The lowest BCUT2D eigenvalue weighted by atomic mass is 10.1. The Morgan fingerprint density at radius 1 is 1.30 bits per heavy atom. The molecule has 0 spiro atoms. The Bertz CT molecular complexity index is 997. The summed E-state index contributed by atoms with van der Waals surface area (Å²) < 4.78 is 0. The maximum absolute atomic E-state index is 13.2. The van der Waals surface area contributed by atoms with E-state index in [0.717, 1.165) is 11.1 Å². The average molecular weight is 398 g/mol. The number of amides is 2. The standard InChI is InChI=1S/C20H16ClN3O2S/c1-12-5-4-7-14(9-12)24-19(26)17(10-13-6-2-3-8-16(13)21)27-20(24)15(11-22)18(23)25/h2-9,17H,10H2,1H3,(H2,23,25)/b20-15+. The number of primary amides is 1. The first-order valence-corrected chi connectivity index (χ1v) is 9.43. The minimum Gasteiger partial charge on any atom is -0.365 e. The fraction of sp³-hybridized carbons (Fsp3) is 0.150. The number of hydrogen-bond acceptors (Lipinski definition) is 4. The lowest BCUT2D eigenvalue weighted by molar-refractivity contribution is -0.117. The van der Waals surface area contributed by atoms with Crippen LogP contribution >= 0.6 is 23.4 Å². The monoisotopic (exact) mass is 397 g/mol. The zero-order valence-electron chi connectivity index (χ0n) is 14.5. The van der Waals surface area contributed by atoms with Gasteiger partial charge in [-0.25, -0.2) is 0 Å². The van der Waals surface area contributed by atoms with E-state index in [4.69, 9.17) is 17.3 Å². The van der Waals surface area contributed by atoms with Crippen molar-refractivity contribution in [3.8, 4) is 6.07 Å². The van der Waals surface area contributed by atoms with E-state index in [-0.39, 0.29) is 16.5 Å². The Hall–Kier alpha value is -2.75. The molecule has 0 radical (unpaired) electrons. The van der Waals surface area contributed by atoms with Gasteiger partial charge in [-0.1, -0.05) is 53.7 Å². The van der Waals surface area contributed by atoms with E-state index in [2.05, 4.69) is 0 Å². The summed E-state index contributed by atoms with van der Waals surface area (Å²) in [5, 5.41) is 9.72. The summed E-state index contributed by atoms with van der Waals surface area (Å²) in [5.74, 6) is -1.07. The predicted octanol–water partition coefficient (Wildman–Crippen LogP) is 3.56. The Kier molecular flexibility index (Phi) is 5.54. The van der Waals surface area contributed by atoms with Gasteiger partial charge in [-0.2, -0.15) is 5.26 Å². The summed E-state index contributed by atoms with van der Waals surface area (Å²) in [4.78, 5) is 26.3. The largest absolute Gasteiger partial charge is 0.365 e. The molecular weight excluding hydrogens is 382 g/mol. The second kappa shape index (κ2) is 7.87. The molecule has 1 heterocycles. The zero-order valence-corrected chi connectivity index (χ0v) is 16.1. The number of nitriles is 1. The summed E-state index contributed by atoms with van der Waals surface area (Å²) in [6.07, 6.45) is 0.381. The van der Waals surface area contributed by atoms with Gasteiger partial charge in [0.15, 0.2) is 0 Å². The number of aryl methyl sites for hydroxylation is 1. The van der Waals surface area contributed by atoms with Crippen LogP contribution in [0.25, 0.3) is 0 Å². The molecule has 1 aliphatic rings. The zero-order chi connectivity index (χ0) is 19.6. The van der Waals surface area contributed by atoms with Gasteiger partial charge in [0.05, 0.1) is 5.25 Å². The van der Waals surface area contributed by atoms with E-state index in [9.17, 15) is 14.9 Å². The number of halogens is 1. The second-order valence-corrected chi connectivity index (χ2v) is 7.67. The molecule has 2 aromatic carbocycles. The van der Waals surface area contributed by atoms with E-state index in [1.807, 2.05) is 49.4 Å². The first kappa shape index (κ1) is 19.0. The highest BCUT2D eigenvalue weighted by molar-refractivity contribution is 8.05. The third-order valence-electron chi connectivity index (χ3n) is 4.15. The van der Waals surface area contributed by atoms with Gasteiger partial charge >= 0.3 is 0 Å². The number of hydrogen-bond donors (Lipinski definition) is 1. The van der Waals surface area contributed by atoms with Gasteiger partial charge in [-0.05, 0) is 42.7 Å². The highest BCUT2D eigenvalue weighted by atomic mass is 35.5. The van der Waals surface area contributed by atoms with E-state index in [0.29, 0.717) is 17.1 Å². The molecule has 0 bridgehead atoms.